The molecule has 2 N–H and O–H groups in total. The van der Waals surface area contributed by atoms with Gasteiger partial charge in [0.25, 0.3) is 0 Å². The van der Waals surface area contributed by atoms with Gasteiger partial charge < -0.3 is 15.0 Å². The van der Waals surface area contributed by atoms with Crippen LogP contribution in [0.15, 0.2) is 71.7 Å². The summed E-state index contributed by atoms with van der Waals surface area (Å²) in [6, 6.07) is 17.6. The number of aromatic amines is 1. The van der Waals surface area contributed by atoms with Crippen molar-refractivity contribution in [3.63, 3.8) is 0 Å². The van der Waals surface area contributed by atoms with Gasteiger partial charge in [0, 0.05) is 55.7 Å². The predicted molar refractivity (Wildman–Crippen MR) is 144 cm³/mol. The molecule has 2 aliphatic rings. The van der Waals surface area contributed by atoms with E-state index < -0.39 is 26.6 Å². The molecule has 0 spiro atoms. The number of pyridine rings is 1. The van der Waals surface area contributed by atoms with Crippen molar-refractivity contribution in [2.24, 2.45) is 0 Å². The molecule has 0 saturated carbocycles. The van der Waals surface area contributed by atoms with E-state index in [1.54, 1.807) is 18.3 Å². The Balaban J connectivity index is 1.39. The number of H-pyrrole nitrogens is 1. The molecule has 202 valence electrons. The normalized spacial score (nSPS) is 23.2. The first-order valence-electron chi connectivity index (χ1n) is 13.1. The average Bonchev–Trinajstić information content (AvgIpc) is 2.91. The lowest BCUT2D eigenvalue weighted by Crippen LogP contribution is -2.46. The van der Waals surface area contributed by atoms with Gasteiger partial charge in [0.05, 0.1) is 0 Å². The van der Waals surface area contributed by atoms with Crippen LogP contribution in [-0.4, -0.2) is 37.0 Å². The lowest BCUT2D eigenvalue weighted by atomic mass is 9.82. The Kier molecular flexibility index (Phi) is 7.81. The van der Waals surface area contributed by atoms with Crippen molar-refractivity contribution in [3.05, 3.63) is 105 Å². The minimum atomic E-state index is -3.66. The van der Waals surface area contributed by atoms with E-state index in [-0.39, 0.29) is 18.1 Å². The summed E-state index contributed by atoms with van der Waals surface area (Å²) in [5.41, 5.74) is 2.08. The minimum absolute atomic E-state index is 0.00468. The van der Waals surface area contributed by atoms with Crippen LogP contribution >= 0.6 is 0 Å². The lowest BCUT2D eigenvalue weighted by Gasteiger charge is -2.39. The zero-order valence-electron chi connectivity index (χ0n) is 21.5. The predicted octanol–water partition coefficient (Wildman–Crippen LogP) is 4.36. The van der Waals surface area contributed by atoms with Crippen LogP contribution in [0.2, 0.25) is 0 Å². The Hall–Kier alpha value is -2.85. The third-order valence-corrected chi connectivity index (χ3v) is 10.3. The van der Waals surface area contributed by atoms with Gasteiger partial charge >= 0.3 is 0 Å². The van der Waals surface area contributed by atoms with Crippen LogP contribution in [0, 0.1) is 5.82 Å². The van der Waals surface area contributed by atoms with Crippen molar-refractivity contribution in [2.45, 2.75) is 62.5 Å². The number of hydrogen-bond donors (Lipinski definition) is 2. The summed E-state index contributed by atoms with van der Waals surface area (Å²) >= 11 is 0. The van der Waals surface area contributed by atoms with Crippen LogP contribution in [-0.2, 0) is 33.4 Å². The fraction of sp³-hybridized carbons (Fsp3) is 0.414. The Labute approximate surface area is 223 Å². The monoisotopic (exact) mass is 539 g/mol. The SMILES string of the molecule is C[C@H]1CC[C@H](c2ccccc2)S(=O)(=O)N1Cc1ccc(C2(NCc3cc[nH]c(=O)c3)CCOCC2)cc1F. The highest BCUT2D eigenvalue weighted by molar-refractivity contribution is 7.89. The Morgan fingerprint density at radius 1 is 1.08 bits per heavy atom. The minimum Gasteiger partial charge on any atom is -0.381 e. The number of sulfonamides is 1. The maximum Gasteiger partial charge on any atom is 0.248 e. The van der Waals surface area contributed by atoms with E-state index in [1.807, 2.05) is 49.4 Å². The largest absolute Gasteiger partial charge is 0.381 e. The van der Waals surface area contributed by atoms with Gasteiger partial charge in [0.2, 0.25) is 15.6 Å². The van der Waals surface area contributed by atoms with Crippen LogP contribution < -0.4 is 10.9 Å². The number of hydrogen-bond acceptors (Lipinski definition) is 5. The number of nitrogens with one attached hydrogen (secondary N) is 2. The van der Waals surface area contributed by atoms with Crippen LogP contribution in [0.1, 0.15) is 60.1 Å². The van der Waals surface area contributed by atoms with Crippen molar-refractivity contribution in [1.29, 1.82) is 0 Å². The van der Waals surface area contributed by atoms with Crippen LogP contribution in [0.25, 0.3) is 0 Å². The highest BCUT2D eigenvalue weighted by Crippen LogP contribution is 2.39. The maximum atomic E-state index is 15.6. The number of aromatic nitrogens is 1. The second kappa shape index (κ2) is 11.1. The van der Waals surface area contributed by atoms with Gasteiger partial charge in [-0.25, -0.2) is 12.8 Å². The molecular weight excluding hydrogens is 505 g/mol. The molecule has 0 unspecified atom stereocenters. The smallest absolute Gasteiger partial charge is 0.248 e. The molecule has 2 aliphatic heterocycles. The van der Waals surface area contributed by atoms with Gasteiger partial charge in [-0.1, -0.05) is 42.5 Å². The number of nitrogens with zero attached hydrogens (tertiary/aromatic N) is 1. The molecule has 1 aromatic heterocycles. The van der Waals surface area contributed by atoms with E-state index in [0.29, 0.717) is 51.0 Å². The molecule has 2 fully saturated rings. The van der Waals surface area contributed by atoms with E-state index in [1.165, 1.54) is 10.4 Å². The van der Waals surface area contributed by atoms with E-state index in [9.17, 15) is 13.2 Å². The van der Waals surface area contributed by atoms with Crippen molar-refractivity contribution >= 4 is 10.0 Å². The van der Waals surface area contributed by atoms with Crippen molar-refractivity contribution < 1.29 is 17.5 Å². The zero-order valence-corrected chi connectivity index (χ0v) is 22.3. The standard InChI is InChI=1S/C29H34FN3O4S/c1-21-7-10-27(23-5-3-2-4-6-23)38(35,36)33(21)20-24-8-9-25(18-26(24)30)29(12-15-37-16-13-29)32-19-22-11-14-31-28(34)17-22/h2-6,8-9,11,14,17-18,21,27,32H,7,10,12-13,15-16,19-20H2,1H3,(H,31,34)/t21-,27+/m0/s1. The zero-order chi connectivity index (χ0) is 26.8. The summed E-state index contributed by atoms with van der Waals surface area (Å²) in [5.74, 6) is -0.421. The fourth-order valence-corrected chi connectivity index (χ4v) is 7.84. The molecule has 7 nitrogen and oxygen atoms in total. The van der Waals surface area contributed by atoms with Crippen LogP contribution in [0.5, 0.6) is 0 Å². The Morgan fingerprint density at radius 2 is 1.84 bits per heavy atom. The molecule has 2 saturated heterocycles. The molecule has 5 rings (SSSR count). The third-order valence-electron chi connectivity index (χ3n) is 7.94. The van der Waals surface area contributed by atoms with Crippen molar-refractivity contribution in [3.8, 4) is 0 Å². The highest BCUT2D eigenvalue weighted by atomic mass is 32.2. The van der Waals surface area contributed by atoms with Gasteiger partial charge in [-0.2, -0.15) is 4.31 Å². The molecule has 2 aromatic carbocycles. The number of rotatable bonds is 7. The van der Waals surface area contributed by atoms with Gasteiger partial charge in [0.1, 0.15) is 11.1 Å². The highest BCUT2D eigenvalue weighted by Gasteiger charge is 2.41. The second-order valence-electron chi connectivity index (χ2n) is 10.3. The first-order chi connectivity index (χ1) is 18.3. The third kappa shape index (κ3) is 5.47. The quantitative estimate of drug-likeness (QED) is 0.466. The summed E-state index contributed by atoms with van der Waals surface area (Å²) in [5, 5.41) is 2.94. The van der Waals surface area contributed by atoms with Gasteiger partial charge in [-0.3, -0.25) is 4.79 Å². The summed E-state index contributed by atoms with van der Waals surface area (Å²) in [6.07, 6.45) is 4.20. The number of halogens is 1. The summed E-state index contributed by atoms with van der Waals surface area (Å²) in [6.45, 7) is 3.42. The molecule has 2 atom stereocenters. The average molecular weight is 540 g/mol. The molecule has 38 heavy (non-hydrogen) atoms. The van der Waals surface area contributed by atoms with Crippen molar-refractivity contribution in [2.75, 3.05) is 13.2 Å². The van der Waals surface area contributed by atoms with E-state index >= 15 is 4.39 Å². The topological polar surface area (TPSA) is 91.5 Å². The molecular formula is C29H34FN3O4S. The summed E-state index contributed by atoms with van der Waals surface area (Å²) < 4.78 is 49.9. The first-order valence-corrected chi connectivity index (χ1v) is 14.6. The van der Waals surface area contributed by atoms with E-state index in [2.05, 4.69) is 10.3 Å². The molecule has 0 aliphatic carbocycles. The number of ether oxygens (including phenoxy) is 1. The summed E-state index contributed by atoms with van der Waals surface area (Å²) in [4.78, 5) is 14.3. The molecule has 0 bridgehead atoms. The second-order valence-corrected chi connectivity index (χ2v) is 12.4. The maximum absolute atomic E-state index is 15.6. The molecule has 9 heteroatoms. The first kappa shape index (κ1) is 26.7. The van der Waals surface area contributed by atoms with E-state index in [0.717, 1.165) is 16.7 Å². The van der Waals surface area contributed by atoms with Gasteiger partial charge in [-0.05, 0) is 61.4 Å². The van der Waals surface area contributed by atoms with Gasteiger partial charge in [0.15, 0.2) is 0 Å². The van der Waals surface area contributed by atoms with Gasteiger partial charge in [-0.15, -0.1) is 0 Å². The molecule has 3 aromatic rings. The fourth-order valence-electron chi connectivity index (χ4n) is 5.65. The Bertz CT molecular complexity index is 1420. The Morgan fingerprint density at radius 3 is 2.55 bits per heavy atom. The van der Waals surface area contributed by atoms with E-state index in [4.69, 9.17) is 4.74 Å². The van der Waals surface area contributed by atoms with Crippen molar-refractivity contribution in [1.82, 2.24) is 14.6 Å². The molecule has 0 amide bonds. The lowest BCUT2D eigenvalue weighted by molar-refractivity contribution is 0.0356. The summed E-state index contributed by atoms with van der Waals surface area (Å²) in [7, 11) is -3.66. The van der Waals surface area contributed by atoms with Crippen LogP contribution in [0.4, 0.5) is 4.39 Å². The molecule has 0 radical (unpaired) electrons. The molecule has 3 heterocycles. The van der Waals surface area contributed by atoms with Crippen LogP contribution in [0.3, 0.4) is 0 Å². The number of benzene rings is 2.